The smallest absolute Gasteiger partial charge is 0.492 e. The van der Waals surface area contributed by atoms with Crippen LogP contribution in [-0.2, 0) is 0 Å². The third-order valence-corrected chi connectivity index (χ3v) is 2.97. The van der Waals surface area contributed by atoms with Crippen LogP contribution in [-0.4, -0.2) is 19.5 Å². The molecule has 22 heavy (non-hydrogen) atoms. The summed E-state index contributed by atoms with van der Waals surface area (Å²) in [4.78, 5) is 0. The molecule has 2 aromatic carbocycles. The second-order valence-corrected chi connectivity index (χ2v) is 4.79. The van der Waals surface area contributed by atoms with Crippen LogP contribution in [0.25, 0.3) is 11.1 Å². The number of rotatable bonds is 5. The summed E-state index contributed by atoms with van der Waals surface area (Å²) in [7, 11) is 0. The Morgan fingerprint density at radius 2 is 1.73 bits per heavy atom. The van der Waals surface area contributed by atoms with Gasteiger partial charge in [-0.05, 0) is 29.8 Å². The van der Waals surface area contributed by atoms with E-state index in [0.29, 0.717) is 10.6 Å². The van der Waals surface area contributed by atoms with Crippen LogP contribution in [0.2, 0.25) is 5.02 Å². The molecule has 0 radical (unpaired) electrons. The van der Waals surface area contributed by atoms with Gasteiger partial charge in [-0.15, -0.1) is 13.2 Å². The van der Waals surface area contributed by atoms with Gasteiger partial charge in [0, 0.05) is 23.2 Å². The fourth-order valence-corrected chi connectivity index (χ4v) is 1.97. The summed E-state index contributed by atoms with van der Waals surface area (Å²) >= 11 is 5.78. The van der Waals surface area contributed by atoms with Gasteiger partial charge in [-0.3, -0.25) is 0 Å². The molecule has 0 aliphatic rings. The Balaban J connectivity index is 2.40. The minimum absolute atomic E-state index is 0.200. The predicted molar refractivity (Wildman–Crippen MR) is 78.1 cm³/mol. The number of hydrogen-bond donors (Lipinski definition) is 1. The number of halogens is 4. The fourth-order valence-electron chi connectivity index (χ4n) is 1.85. The quantitative estimate of drug-likeness (QED) is 0.891. The molecule has 0 bridgehead atoms. The number of benzene rings is 2. The standard InChI is InChI=1S/C15H13ClF3NO2/c16-11-3-1-10(2-4-11)13-6-5-12(21-8-7-20)9-14(13)22-15(17,18)19/h1-6,9H,7-8,20H2. The van der Waals surface area contributed by atoms with Crippen LogP contribution in [0.5, 0.6) is 11.5 Å². The van der Waals surface area contributed by atoms with Crippen molar-refractivity contribution in [2.75, 3.05) is 13.2 Å². The van der Waals surface area contributed by atoms with Crippen molar-refractivity contribution in [2.24, 2.45) is 5.73 Å². The van der Waals surface area contributed by atoms with Crippen LogP contribution in [0.3, 0.4) is 0 Å². The highest BCUT2D eigenvalue weighted by atomic mass is 35.5. The molecule has 0 saturated heterocycles. The average molecular weight is 332 g/mol. The topological polar surface area (TPSA) is 44.5 Å². The second kappa shape index (κ2) is 6.89. The first-order chi connectivity index (χ1) is 10.4. The lowest BCUT2D eigenvalue weighted by Crippen LogP contribution is -2.18. The van der Waals surface area contributed by atoms with Gasteiger partial charge in [-0.2, -0.15) is 0 Å². The van der Waals surface area contributed by atoms with Gasteiger partial charge in [-0.1, -0.05) is 23.7 Å². The normalized spacial score (nSPS) is 11.3. The summed E-state index contributed by atoms with van der Waals surface area (Å²) in [5.41, 5.74) is 6.14. The SMILES string of the molecule is NCCOc1ccc(-c2ccc(Cl)cc2)c(OC(F)(F)F)c1. The molecule has 3 nitrogen and oxygen atoms in total. The lowest BCUT2D eigenvalue weighted by atomic mass is 10.0. The number of ether oxygens (including phenoxy) is 2. The van der Waals surface area contributed by atoms with Gasteiger partial charge in [0.1, 0.15) is 18.1 Å². The van der Waals surface area contributed by atoms with E-state index >= 15 is 0 Å². The van der Waals surface area contributed by atoms with Crippen LogP contribution in [0, 0.1) is 0 Å². The van der Waals surface area contributed by atoms with Crippen molar-refractivity contribution in [3.8, 4) is 22.6 Å². The molecule has 2 aromatic rings. The van der Waals surface area contributed by atoms with E-state index in [2.05, 4.69) is 4.74 Å². The van der Waals surface area contributed by atoms with Crippen LogP contribution < -0.4 is 15.2 Å². The van der Waals surface area contributed by atoms with Gasteiger partial charge in [0.25, 0.3) is 0 Å². The highest BCUT2D eigenvalue weighted by molar-refractivity contribution is 6.30. The Bertz CT molecular complexity index is 630. The van der Waals surface area contributed by atoms with Crippen molar-refractivity contribution in [2.45, 2.75) is 6.36 Å². The van der Waals surface area contributed by atoms with Crippen molar-refractivity contribution in [1.82, 2.24) is 0 Å². The molecular formula is C15H13ClF3NO2. The van der Waals surface area contributed by atoms with E-state index in [9.17, 15) is 13.2 Å². The molecule has 0 amide bonds. The van der Waals surface area contributed by atoms with Gasteiger partial charge < -0.3 is 15.2 Å². The zero-order chi connectivity index (χ0) is 16.2. The lowest BCUT2D eigenvalue weighted by Gasteiger charge is -2.15. The van der Waals surface area contributed by atoms with Crippen molar-refractivity contribution >= 4 is 11.6 Å². The molecule has 0 spiro atoms. The zero-order valence-corrected chi connectivity index (χ0v) is 12.1. The molecule has 2 N–H and O–H groups in total. The Morgan fingerprint density at radius 3 is 2.32 bits per heavy atom. The van der Waals surface area contributed by atoms with Gasteiger partial charge in [0.15, 0.2) is 0 Å². The third-order valence-electron chi connectivity index (χ3n) is 2.72. The van der Waals surface area contributed by atoms with E-state index in [0.717, 1.165) is 0 Å². The van der Waals surface area contributed by atoms with Crippen LogP contribution in [0.4, 0.5) is 13.2 Å². The average Bonchev–Trinajstić information content (AvgIpc) is 2.45. The zero-order valence-electron chi connectivity index (χ0n) is 11.4. The van der Waals surface area contributed by atoms with Crippen LogP contribution in [0.1, 0.15) is 0 Å². The molecule has 0 heterocycles. The van der Waals surface area contributed by atoms with Crippen molar-refractivity contribution < 1.29 is 22.6 Å². The molecule has 0 unspecified atom stereocenters. The molecule has 0 aliphatic heterocycles. The highest BCUT2D eigenvalue weighted by Crippen LogP contribution is 2.37. The van der Waals surface area contributed by atoms with Crippen molar-refractivity contribution in [1.29, 1.82) is 0 Å². The number of alkyl halides is 3. The Morgan fingerprint density at radius 1 is 1.05 bits per heavy atom. The maximum absolute atomic E-state index is 12.6. The van der Waals surface area contributed by atoms with Crippen molar-refractivity contribution in [3.63, 3.8) is 0 Å². The first-order valence-corrected chi connectivity index (χ1v) is 6.75. The largest absolute Gasteiger partial charge is 0.573 e. The summed E-state index contributed by atoms with van der Waals surface area (Å²) in [6.45, 7) is 0.458. The van der Waals surface area contributed by atoms with E-state index < -0.39 is 6.36 Å². The second-order valence-electron chi connectivity index (χ2n) is 4.35. The van der Waals surface area contributed by atoms with E-state index in [4.69, 9.17) is 22.1 Å². The Labute approximate surface area is 130 Å². The molecule has 7 heteroatoms. The van der Waals surface area contributed by atoms with E-state index in [1.165, 1.54) is 12.1 Å². The maximum atomic E-state index is 12.6. The summed E-state index contributed by atoms with van der Waals surface area (Å²) in [5.74, 6) is -0.0910. The van der Waals surface area contributed by atoms with Crippen LogP contribution in [0.15, 0.2) is 42.5 Å². The minimum Gasteiger partial charge on any atom is -0.492 e. The molecule has 0 aromatic heterocycles. The monoisotopic (exact) mass is 331 g/mol. The molecule has 0 aliphatic carbocycles. The van der Waals surface area contributed by atoms with E-state index in [1.54, 1.807) is 30.3 Å². The van der Waals surface area contributed by atoms with Gasteiger partial charge in [0.2, 0.25) is 0 Å². The molecular weight excluding hydrogens is 319 g/mol. The Kier molecular flexibility index (Phi) is 5.15. The first kappa shape index (κ1) is 16.5. The third kappa shape index (κ3) is 4.54. The molecule has 118 valence electrons. The molecule has 0 atom stereocenters. The molecule has 2 rings (SSSR count). The summed E-state index contributed by atoms with van der Waals surface area (Å²) in [6, 6.07) is 10.6. The summed E-state index contributed by atoms with van der Waals surface area (Å²) in [6.07, 6.45) is -4.80. The van der Waals surface area contributed by atoms with Crippen LogP contribution >= 0.6 is 11.6 Å². The van der Waals surface area contributed by atoms with Gasteiger partial charge >= 0.3 is 6.36 Å². The predicted octanol–water partition coefficient (Wildman–Crippen LogP) is 4.24. The fraction of sp³-hybridized carbons (Fsp3) is 0.200. The summed E-state index contributed by atoms with van der Waals surface area (Å²) < 4.78 is 47.1. The minimum atomic E-state index is -4.80. The van der Waals surface area contributed by atoms with E-state index in [1.807, 2.05) is 0 Å². The Hall–Kier alpha value is -1.92. The number of nitrogens with two attached hydrogens (primary N) is 1. The van der Waals surface area contributed by atoms with Gasteiger partial charge in [-0.25, -0.2) is 0 Å². The van der Waals surface area contributed by atoms with E-state index in [-0.39, 0.29) is 30.2 Å². The summed E-state index contributed by atoms with van der Waals surface area (Å²) in [5, 5.41) is 0.491. The van der Waals surface area contributed by atoms with Crippen molar-refractivity contribution in [3.05, 3.63) is 47.5 Å². The lowest BCUT2D eigenvalue weighted by molar-refractivity contribution is -0.274. The molecule has 0 saturated carbocycles. The highest BCUT2D eigenvalue weighted by Gasteiger charge is 2.32. The maximum Gasteiger partial charge on any atom is 0.573 e. The first-order valence-electron chi connectivity index (χ1n) is 6.37. The molecule has 0 fully saturated rings. The number of hydrogen-bond acceptors (Lipinski definition) is 3. The van der Waals surface area contributed by atoms with Gasteiger partial charge in [0.05, 0.1) is 0 Å².